The van der Waals surface area contributed by atoms with Crippen molar-refractivity contribution in [1.29, 1.82) is 0 Å². The molecule has 5 nitrogen and oxygen atoms in total. The van der Waals surface area contributed by atoms with E-state index >= 15 is 0 Å². The van der Waals surface area contributed by atoms with Crippen molar-refractivity contribution in [1.82, 2.24) is 10.2 Å². The third-order valence-electron chi connectivity index (χ3n) is 2.57. The van der Waals surface area contributed by atoms with Gasteiger partial charge < -0.3 is 14.6 Å². The number of anilines is 1. The first-order valence-corrected chi connectivity index (χ1v) is 8.03. The van der Waals surface area contributed by atoms with Crippen LogP contribution in [-0.2, 0) is 5.75 Å². The molecule has 0 atom stereocenters. The number of nitrogens with two attached hydrogens (primary N) is 1. The van der Waals surface area contributed by atoms with Crippen LogP contribution in [0.1, 0.15) is 5.89 Å². The van der Waals surface area contributed by atoms with Gasteiger partial charge in [-0.25, -0.2) is 0 Å². The summed E-state index contributed by atoms with van der Waals surface area (Å²) in [5.74, 6) is 1.88. The lowest BCUT2D eigenvalue weighted by molar-refractivity contribution is 0.486. The highest BCUT2D eigenvalue weighted by atomic mass is 79.9. The summed E-state index contributed by atoms with van der Waals surface area (Å²) < 4.78 is 11.5. The Kier molecular flexibility index (Phi) is 4.23. The van der Waals surface area contributed by atoms with E-state index in [2.05, 4.69) is 26.1 Å². The number of nitrogens with zero attached hydrogens (tertiary/aromatic N) is 2. The van der Waals surface area contributed by atoms with Crippen molar-refractivity contribution >= 4 is 45.0 Å². The summed E-state index contributed by atoms with van der Waals surface area (Å²) in [6, 6.07) is 8.89. The summed E-state index contributed by atoms with van der Waals surface area (Å²) in [4.78, 5) is 0.917. The van der Waals surface area contributed by atoms with Gasteiger partial charge in [-0.3, -0.25) is 0 Å². The Balaban J connectivity index is 1.70. The summed E-state index contributed by atoms with van der Waals surface area (Å²) in [7, 11) is 0. The van der Waals surface area contributed by atoms with Gasteiger partial charge >= 0.3 is 0 Å². The number of halogens is 2. The molecule has 1 aromatic carbocycles. The van der Waals surface area contributed by atoms with Crippen LogP contribution in [0.2, 0.25) is 5.02 Å². The summed E-state index contributed by atoms with van der Waals surface area (Å²) in [6.45, 7) is 0. The van der Waals surface area contributed by atoms with Gasteiger partial charge in [-0.1, -0.05) is 11.6 Å². The van der Waals surface area contributed by atoms with Crippen molar-refractivity contribution in [3.63, 3.8) is 0 Å². The van der Waals surface area contributed by atoms with Crippen LogP contribution >= 0.6 is 39.3 Å². The number of thioether (sulfide) groups is 1. The topological polar surface area (TPSA) is 78.1 Å². The number of hydrogen-bond acceptors (Lipinski definition) is 6. The van der Waals surface area contributed by atoms with Crippen LogP contribution in [0.15, 0.2) is 48.7 Å². The first-order valence-electron chi connectivity index (χ1n) is 5.88. The van der Waals surface area contributed by atoms with Crippen molar-refractivity contribution in [3.05, 3.63) is 45.9 Å². The van der Waals surface area contributed by atoms with Gasteiger partial charge in [0.1, 0.15) is 0 Å². The predicted octanol–water partition coefficient (Wildman–Crippen LogP) is 4.62. The largest absolute Gasteiger partial charge is 0.444 e. The summed E-state index contributed by atoms with van der Waals surface area (Å²) in [6.07, 6.45) is 0. The Bertz CT molecular complexity index is 774. The molecule has 2 N–H and O–H groups in total. The third-order valence-corrected chi connectivity index (χ3v) is 4.31. The van der Waals surface area contributed by atoms with Crippen LogP contribution in [0.4, 0.5) is 5.69 Å². The lowest BCUT2D eigenvalue weighted by atomic mass is 10.3. The second kappa shape index (κ2) is 6.13. The molecule has 2 heterocycles. The van der Waals surface area contributed by atoms with Gasteiger partial charge in [0.15, 0.2) is 10.4 Å². The van der Waals surface area contributed by atoms with Crippen LogP contribution in [0.3, 0.4) is 0 Å². The number of nitrogen functional groups attached to an aromatic ring is 1. The normalized spacial score (nSPS) is 11.0. The molecule has 0 aliphatic carbocycles. The number of furan rings is 1. The average Bonchev–Trinajstić information content (AvgIpc) is 3.06. The molecular formula is C13H9BrClN3O2S. The zero-order valence-electron chi connectivity index (χ0n) is 10.5. The first kappa shape index (κ1) is 14.5. The second-order valence-electron chi connectivity index (χ2n) is 4.08. The van der Waals surface area contributed by atoms with Crippen LogP contribution in [-0.4, -0.2) is 10.2 Å². The molecule has 21 heavy (non-hydrogen) atoms. The lowest BCUT2D eigenvalue weighted by Crippen LogP contribution is -1.89. The Morgan fingerprint density at radius 2 is 2.05 bits per heavy atom. The van der Waals surface area contributed by atoms with E-state index in [1.807, 2.05) is 6.07 Å². The van der Waals surface area contributed by atoms with Crippen LogP contribution < -0.4 is 5.73 Å². The first-order chi connectivity index (χ1) is 10.1. The maximum absolute atomic E-state index is 5.89. The Labute approximate surface area is 138 Å². The van der Waals surface area contributed by atoms with E-state index in [4.69, 9.17) is 26.2 Å². The van der Waals surface area contributed by atoms with Gasteiger partial charge in [-0.2, -0.15) is 0 Å². The van der Waals surface area contributed by atoms with Gasteiger partial charge in [0.25, 0.3) is 5.89 Å². The van der Waals surface area contributed by atoms with E-state index in [1.165, 1.54) is 11.8 Å². The van der Waals surface area contributed by atoms with Crippen LogP contribution in [0.5, 0.6) is 0 Å². The maximum atomic E-state index is 5.89. The van der Waals surface area contributed by atoms with Gasteiger partial charge in [-0.15, -0.1) is 22.0 Å². The molecule has 8 heteroatoms. The summed E-state index contributed by atoms with van der Waals surface area (Å²) in [5.41, 5.74) is 6.52. The van der Waals surface area contributed by atoms with Crippen molar-refractivity contribution in [2.45, 2.75) is 10.6 Å². The second-order valence-corrected chi connectivity index (χ2v) is 6.31. The van der Waals surface area contributed by atoms with E-state index in [1.54, 1.807) is 24.3 Å². The molecule has 3 rings (SSSR count). The van der Waals surface area contributed by atoms with E-state index in [0.29, 0.717) is 38.7 Å². The standard InChI is InChI=1S/C13H9BrClN3O2S/c14-11-4-2-9(19-11)13-18-17-12(20-13)6-21-10-3-1-7(15)5-8(10)16/h1-5H,6,16H2. The van der Waals surface area contributed by atoms with Crippen LogP contribution in [0.25, 0.3) is 11.7 Å². The predicted molar refractivity (Wildman–Crippen MR) is 85.1 cm³/mol. The SMILES string of the molecule is Nc1cc(Cl)ccc1SCc1nnc(-c2ccc(Br)o2)o1. The van der Waals surface area contributed by atoms with Crippen molar-refractivity contribution in [2.75, 3.05) is 5.73 Å². The molecule has 0 aliphatic rings. The maximum Gasteiger partial charge on any atom is 0.283 e. The van der Waals surface area contributed by atoms with Gasteiger partial charge in [-0.05, 0) is 46.3 Å². The van der Waals surface area contributed by atoms with Crippen molar-refractivity contribution in [3.8, 4) is 11.7 Å². The monoisotopic (exact) mass is 385 g/mol. The molecule has 0 bridgehead atoms. The molecule has 0 amide bonds. The smallest absolute Gasteiger partial charge is 0.283 e. The fraction of sp³-hybridized carbons (Fsp3) is 0.0769. The molecule has 108 valence electrons. The van der Waals surface area contributed by atoms with Gasteiger partial charge in [0, 0.05) is 15.6 Å². The number of aromatic nitrogens is 2. The molecule has 0 fully saturated rings. The highest BCUT2D eigenvalue weighted by Gasteiger charge is 2.13. The van der Waals surface area contributed by atoms with Crippen molar-refractivity contribution < 1.29 is 8.83 Å². The zero-order valence-corrected chi connectivity index (χ0v) is 13.7. The molecule has 0 saturated carbocycles. The van der Waals surface area contributed by atoms with E-state index in [-0.39, 0.29) is 0 Å². The Morgan fingerprint density at radius 1 is 1.19 bits per heavy atom. The number of hydrogen-bond donors (Lipinski definition) is 1. The number of rotatable bonds is 4. The third kappa shape index (κ3) is 3.42. The number of benzene rings is 1. The van der Waals surface area contributed by atoms with Crippen LogP contribution in [0, 0.1) is 0 Å². The Morgan fingerprint density at radius 3 is 2.76 bits per heavy atom. The molecule has 0 radical (unpaired) electrons. The highest BCUT2D eigenvalue weighted by molar-refractivity contribution is 9.10. The zero-order chi connectivity index (χ0) is 14.8. The molecule has 0 saturated heterocycles. The minimum atomic E-state index is 0.348. The Hall–Kier alpha value is -1.44. The molecule has 3 aromatic rings. The van der Waals surface area contributed by atoms with E-state index < -0.39 is 0 Å². The fourth-order valence-electron chi connectivity index (χ4n) is 1.63. The van der Waals surface area contributed by atoms with Gasteiger partial charge in [0.2, 0.25) is 5.89 Å². The van der Waals surface area contributed by atoms with Crippen molar-refractivity contribution in [2.24, 2.45) is 0 Å². The fourth-order valence-corrected chi connectivity index (χ4v) is 2.90. The summed E-state index contributed by atoms with van der Waals surface area (Å²) in [5, 5.41) is 8.55. The molecular weight excluding hydrogens is 378 g/mol. The molecule has 0 unspecified atom stereocenters. The van der Waals surface area contributed by atoms with Gasteiger partial charge in [0.05, 0.1) is 5.75 Å². The minimum absolute atomic E-state index is 0.348. The quantitative estimate of drug-likeness (QED) is 0.520. The molecule has 2 aromatic heterocycles. The average molecular weight is 387 g/mol. The summed E-state index contributed by atoms with van der Waals surface area (Å²) >= 11 is 10.6. The lowest BCUT2D eigenvalue weighted by Gasteiger charge is -2.03. The van der Waals surface area contributed by atoms with E-state index in [9.17, 15) is 0 Å². The van der Waals surface area contributed by atoms with E-state index in [0.717, 1.165) is 4.90 Å². The minimum Gasteiger partial charge on any atom is -0.444 e. The highest BCUT2D eigenvalue weighted by Crippen LogP contribution is 2.31. The molecule has 0 aliphatic heterocycles. The molecule has 0 spiro atoms.